The lowest BCUT2D eigenvalue weighted by Crippen LogP contribution is -2.25. The van der Waals surface area contributed by atoms with Gasteiger partial charge in [0.2, 0.25) is 0 Å². The van der Waals surface area contributed by atoms with Gasteiger partial charge < -0.3 is 5.32 Å². The zero-order valence-electron chi connectivity index (χ0n) is 8.30. The number of nitrogens with zero attached hydrogens (tertiary/aromatic N) is 1. The van der Waals surface area contributed by atoms with E-state index in [2.05, 4.69) is 10.3 Å². The molecule has 80 valence electrons. The van der Waals surface area contributed by atoms with Gasteiger partial charge in [0.15, 0.2) is 0 Å². The van der Waals surface area contributed by atoms with Crippen LogP contribution in [0.5, 0.6) is 0 Å². The number of hydrogen-bond acceptors (Lipinski definition) is 2. The Hall–Kier alpha value is -1.10. The molecule has 0 bridgehead atoms. The van der Waals surface area contributed by atoms with E-state index in [0.717, 1.165) is 12.4 Å². The second-order valence-electron chi connectivity index (χ2n) is 3.02. The molecule has 0 saturated heterocycles. The normalized spacial score (nSPS) is 13.1. The van der Waals surface area contributed by atoms with Crippen molar-refractivity contribution in [3.05, 3.63) is 11.6 Å². The molecule has 0 aromatic heterocycles. The van der Waals surface area contributed by atoms with E-state index in [-0.39, 0.29) is 6.04 Å². The summed E-state index contributed by atoms with van der Waals surface area (Å²) in [4.78, 5) is 3.48. The Labute approximate surface area is 82.4 Å². The molecule has 0 aliphatic carbocycles. The SMILES string of the molecule is CC(C)NCC(/C=N\C=N)=C/C(F)F. The first kappa shape index (κ1) is 12.9. The molecule has 0 fully saturated rings. The number of aliphatic imine (C=N–C) groups is 1. The summed E-state index contributed by atoms with van der Waals surface area (Å²) in [6, 6.07) is 0.226. The zero-order chi connectivity index (χ0) is 11.0. The van der Waals surface area contributed by atoms with E-state index in [0.29, 0.717) is 12.1 Å². The maximum Gasteiger partial charge on any atom is 0.257 e. The molecule has 0 heterocycles. The molecular weight excluding hydrogens is 188 g/mol. The van der Waals surface area contributed by atoms with Gasteiger partial charge in [-0.3, -0.25) is 5.41 Å². The van der Waals surface area contributed by atoms with Crippen LogP contribution in [0, 0.1) is 5.41 Å². The molecule has 3 nitrogen and oxygen atoms in total. The van der Waals surface area contributed by atoms with Crippen LogP contribution in [-0.2, 0) is 0 Å². The fourth-order valence-corrected chi connectivity index (χ4v) is 0.764. The highest BCUT2D eigenvalue weighted by atomic mass is 19.3. The van der Waals surface area contributed by atoms with Gasteiger partial charge in [-0.05, 0) is 11.6 Å². The van der Waals surface area contributed by atoms with Gasteiger partial charge in [0.05, 0.1) is 0 Å². The Bertz CT molecular complexity index is 222. The van der Waals surface area contributed by atoms with Crippen LogP contribution in [0.15, 0.2) is 16.6 Å². The summed E-state index contributed by atoms with van der Waals surface area (Å²) in [6.45, 7) is 4.18. The van der Waals surface area contributed by atoms with Crippen LogP contribution >= 0.6 is 0 Å². The van der Waals surface area contributed by atoms with Gasteiger partial charge in [-0.2, -0.15) is 0 Å². The van der Waals surface area contributed by atoms with Crippen molar-refractivity contribution in [2.45, 2.75) is 26.3 Å². The first-order chi connectivity index (χ1) is 6.56. The Morgan fingerprint density at radius 2 is 2.14 bits per heavy atom. The molecule has 0 atom stereocenters. The Kier molecular flexibility index (Phi) is 6.74. The number of halogens is 2. The number of rotatable bonds is 6. The lowest BCUT2D eigenvalue weighted by molar-refractivity contribution is 0.203. The van der Waals surface area contributed by atoms with Crippen molar-refractivity contribution in [1.29, 1.82) is 5.41 Å². The van der Waals surface area contributed by atoms with Gasteiger partial charge in [0, 0.05) is 18.8 Å². The number of nitrogens with one attached hydrogen (secondary N) is 2. The fourth-order valence-electron chi connectivity index (χ4n) is 0.764. The molecule has 0 aromatic rings. The van der Waals surface area contributed by atoms with Crippen molar-refractivity contribution in [1.82, 2.24) is 5.32 Å². The third-order valence-corrected chi connectivity index (χ3v) is 1.37. The lowest BCUT2D eigenvalue weighted by Gasteiger charge is -2.07. The van der Waals surface area contributed by atoms with Crippen LogP contribution in [0.4, 0.5) is 8.78 Å². The van der Waals surface area contributed by atoms with Crippen LogP contribution in [-0.4, -0.2) is 31.6 Å². The van der Waals surface area contributed by atoms with Crippen molar-refractivity contribution in [2.24, 2.45) is 4.99 Å². The van der Waals surface area contributed by atoms with Gasteiger partial charge in [0.25, 0.3) is 6.43 Å². The molecule has 14 heavy (non-hydrogen) atoms. The first-order valence-electron chi connectivity index (χ1n) is 4.30. The predicted octanol–water partition coefficient (Wildman–Crippen LogP) is 1.85. The Balaban J connectivity index is 4.25. The molecule has 2 N–H and O–H groups in total. The second-order valence-corrected chi connectivity index (χ2v) is 3.02. The van der Waals surface area contributed by atoms with Gasteiger partial charge in [-0.1, -0.05) is 13.8 Å². The molecular formula is C9H15F2N3. The molecule has 0 aliphatic heterocycles. The van der Waals surface area contributed by atoms with Crippen molar-refractivity contribution in [2.75, 3.05) is 6.54 Å². The van der Waals surface area contributed by atoms with Crippen LogP contribution in [0.2, 0.25) is 0 Å². The minimum Gasteiger partial charge on any atom is -0.310 e. The first-order valence-corrected chi connectivity index (χ1v) is 4.30. The highest BCUT2D eigenvalue weighted by Crippen LogP contribution is 1.99. The van der Waals surface area contributed by atoms with Crippen molar-refractivity contribution >= 4 is 12.6 Å². The van der Waals surface area contributed by atoms with E-state index < -0.39 is 6.43 Å². The lowest BCUT2D eigenvalue weighted by atomic mass is 10.2. The van der Waals surface area contributed by atoms with Crippen LogP contribution in [0.1, 0.15) is 13.8 Å². The van der Waals surface area contributed by atoms with Crippen molar-refractivity contribution < 1.29 is 8.78 Å². The minimum atomic E-state index is -2.49. The molecule has 0 rings (SSSR count). The molecule has 0 saturated carbocycles. The van der Waals surface area contributed by atoms with Crippen molar-refractivity contribution in [3.8, 4) is 0 Å². The molecule has 0 unspecified atom stereocenters. The quantitative estimate of drug-likeness (QED) is 0.502. The number of allylic oxidation sites excluding steroid dienone is 1. The van der Waals surface area contributed by atoms with Crippen molar-refractivity contribution in [3.63, 3.8) is 0 Å². The monoisotopic (exact) mass is 203 g/mol. The summed E-state index contributed by atoms with van der Waals surface area (Å²) in [5.41, 5.74) is 0.386. The molecule has 0 amide bonds. The van der Waals surface area contributed by atoms with Gasteiger partial charge in [-0.15, -0.1) is 0 Å². The van der Waals surface area contributed by atoms with Crippen LogP contribution in [0.25, 0.3) is 0 Å². The fraction of sp³-hybridized carbons (Fsp3) is 0.556. The van der Waals surface area contributed by atoms with E-state index in [4.69, 9.17) is 5.41 Å². The molecule has 0 aliphatic rings. The number of hydrogen-bond donors (Lipinski definition) is 2. The van der Waals surface area contributed by atoms with E-state index in [1.165, 1.54) is 6.21 Å². The summed E-state index contributed by atoms with van der Waals surface area (Å²) < 4.78 is 24.0. The minimum absolute atomic E-state index is 0.226. The summed E-state index contributed by atoms with van der Waals surface area (Å²) in [5, 5.41) is 9.63. The number of alkyl halides is 2. The van der Waals surface area contributed by atoms with E-state index >= 15 is 0 Å². The molecule has 0 spiro atoms. The maximum atomic E-state index is 12.0. The molecule has 5 heteroatoms. The van der Waals surface area contributed by atoms with E-state index in [1.54, 1.807) is 0 Å². The van der Waals surface area contributed by atoms with Crippen LogP contribution in [0.3, 0.4) is 0 Å². The largest absolute Gasteiger partial charge is 0.310 e. The maximum absolute atomic E-state index is 12.0. The van der Waals surface area contributed by atoms with Crippen LogP contribution < -0.4 is 5.32 Å². The average molecular weight is 203 g/mol. The average Bonchev–Trinajstić information content (AvgIpc) is 2.09. The van der Waals surface area contributed by atoms with E-state index in [1.807, 2.05) is 13.8 Å². The van der Waals surface area contributed by atoms with Gasteiger partial charge >= 0.3 is 0 Å². The Morgan fingerprint density at radius 3 is 2.57 bits per heavy atom. The Morgan fingerprint density at radius 1 is 1.50 bits per heavy atom. The summed E-state index contributed by atoms with van der Waals surface area (Å²) in [5.74, 6) is 0. The predicted molar refractivity (Wildman–Crippen MR) is 54.5 cm³/mol. The molecule has 0 radical (unpaired) electrons. The third-order valence-electron chi connectivity index (χ3n) is 1.37. The van der Waals surface area contributed by atoms with E-state index in [9.17, 15) is 8.78 Å². The highest BCUT2D eigenvalue weighted by molar-refractivity contribution is 5.84. The summed E-state index contributed by atoms with van der Waals surface area (Å²) >= 11 is 0. The smallest absolute Gasteiger partial charge is 0.257 e. The topological polar surface area (TPSA) is 48.2 Å². The zero-order valence-corrected chi connectivity index (χ0v) is 8.30. The molecule has 0 aromatic carbocycles. The third kappa shape index (κ3) is 7.54. The summed E-state index contributed by atoms with van der Waals surface area (Å²) in [6.07, 6.45) is 0.405. The van der Waals surface area contributed by atoms with Gasteiger partial charge in [-0.25, -0.2) is 13.8 Å². The summed E-state index contributed by atoms with van der Waals surface area (Å²) in [7, 11) is 0. The second kappa shape index (κ2) is 7.32. The standard InChI is InChI=1S/C9H15F2N3/c1-7(2)14-5-8(3-9(10)11)4-13-6-12/h3-4,6-7,9,12,14H,5H2,1-2H3/b8-3+,12-6?,13-4-. The highest BCUT2D eigenvalue weighted by Gasteiger charge is 2.01. The van der Waals surface area contributed by atoms with Gasteiger partial charge in [0.1, 0.15) is 6.34 Å².